The van der Waals surface area contributed by atoms with Crippen LogP contribution < -0.4 is 10.3 Å². The molecule has 1 aliphatic rings. The largest absolute Gasteiger partial charge is 0.364 e. The van der Waals surface area contributed by atoms with Gasteiger partial charge in [-0.05, 0) is 25.0 Å². The number of thiazole rings is 1. The van der Waals surface area contributed by atoms with Crippen molar-refractivity contribution in [3.8, 4) is 5.13 Å². The predicted octanol–water partition coefficient (Wildman–Crippen LogP) is 1.32. The number of anilines is 1. The van der Waals surface area contributed by atoms with Crippen LogP contribution >= 0.6 is 11.3 Å². The molecule has 9 heteroatoms. The van der Waals surface area contributed by atoms with Crippen LogP contribution in [-0.4, -0.2) is 44.6 Å². The summed E-state index contributed by atoms with van der Waals surface area (Å²) in [6.45, 7) is 3.82. The van der Waals surface area contributed by atoms with E-state index in [1.807, 2.05) is 23.3 Å². The van der Waals surface area contributed by atoms with Gasteiger partial charge in [0.25, 0.3) is 0 Å². The Bertz CT molecular complexity index is 994. The van der Waals surface area contributed by atoms with Gasteiger partial charge in [-0.2, -0.15) is 0 Å². The van der Waals surface area contributed by atoms with Gasteiger partial charge in [0.2, 0.25) is 0 Å². The first-order valence-electron chi connectivity index (χ1n) is 8.22. The van der Waals surface area contributed by atoms with Gasteiger partial charge in [0.1, 0.15) is 12.5 Å². The monoisotopic (exact) mass is 374 g/mol. The van der Waals surface area contributed by atoms with Crippen LogP contribution in [0.4, 0.5) is 5.82 Å². The number of aliphatic hydroxyl groups is 2. The molecule has 1 aliphatic heterocycles. The Morgan fingerprint density at radius 3 is 2.88 bits per heavy atom. The van der Waals surface area contributed by atoms with Crippen LogP contribution in [-0.2, 0) is 4.74 Å². The van der Waals surface area contributed by atoms with Crippen molar-refractivity contribution in [3.63, 3.8) is 0 Å². The third-order valence-corrected chi connectivity index (χ3v) is 5.13. The summed E-state index contributed by atoms with van der Waals surface area (Å²) >= 11 is 1.37. The van der Waals surface area contributed by atoms with Crippen LogP contribution in [0.15, 0.2) is 28.6 Å². The summed E-state index contributed by atoms with van der Waals surface area (Å²) in [5, 5.41) is 22.0. The summed E-state index contributed by atoms with van der Waals surface area (Å²) in [4.78, 5) is 23.8. The van der Waals surface area contributed by atoms with Crippen molar-refractivity contribution >= 4 is 28.2 Å². The lowest BCUT2D eigenvalue weighted by Crippen LogP contribution is -2.34. The van der Waals surface area contributed by atoms with Crippen LogP contribution in [0.3, 0.4) is 0 Å². The molecule has 0 atom stereocenters. The minimum atomic E-state index is -1.87. The molecule has 3 aromatic rings. The van der Waals surface area contributed by atoms with Crippen LogP contribution in [0, 0.1) is 6.92 Å². The summed E-state index contributed by atoms with van der Waals surface area (Å²) in [5.74, 6) is 0.719. The zero-order valence-corrected chi connectivity index (χ0v) is 14.9. The molecule has 136 valence electrons. The van der Waals surface area contributed by atoms with E-state index >= 15 is 0 Å². The second kappa shape index (κ2) is 6.76. The van der Waals surface area contributed by atoms with E-state index < -0.39 is 11.7 Å². The van der Waals surface area contributed by atoms with Crippen molar-refractivity contribution in [2.24, 2.45) is 0 Å². The Morgan fingerprint density at radius 1 is 1.38 bits per heavy atom. The summed E-state index contributed by atoms with van der Waals surface area (Å²) in [6, 6.07) is 1.83. The van der Waals surface area contributed by atoms with Gasteiger partial charge in [0.15, 0.2) is 22.5 Å². The summed E-state index contributed by atoms with van der Waals surface area (Å²) in [5.41, 5.74) is 0.615. The molecule has 0 amide bonds. The number of aliphatic hydroxyl groups excluding tert-OH is 1. The fourth-order valence-corrected chi connectivity index (χ4v) is 3.72. The number of hydrogen-bond donors (Lipinski definition) is 2. The Labute approximate surface area is 152 Å². The Hall–Kier alpha value is -2.33. The third-order valence-electron chi connectivity index (χ3n) is 4.36. The maximum absolute atomic E-state index is 12.8. The molecule has 4 heterocycles. The van der Waals surface area contributed by atoms with Gasteiger partial charge in [-0.3, -0.25) is 9.36 Å². The van der Waals surface area contributed by atoms with Crippen molar-refractivity contribution in [1.82, 2.24) is 14.5 Å². The standard InChI is InChI=1S/C17H18N4O4S/c1-10-7-12(20-4-2-5-25-9-20)19-15-13(10)14(22)11(16(23)24)8-21(15)17-18-3-6-26-17/h3,6-8,16,23-24H,2,4-5,9H2,1H3. The summed E-state index contributed by atoms with van der Waals surface area (Å²) < 4.78 is 7.14. The van der Waals surface area contributed by atoms with E-state index in [0.717, 1.165) is 25.4 Å². The Morgan fingerprint density at radius 2 is 2.23 bits per heavy atom. The maximum atomic E-state index is 12.8. The molecule has 4 rings (SSSR count). The average molecular weight is 374 g/mol. The second-order valence-corrected chi connectivity index (χ2v) is 7.00. The van der Waals surface area contributed by atoms with Crippen LogP contribution in [0.1, 0.15) is 23.8 Å². The SMILES string of the molecule is Cc1cc(N2CCCOC2)nc2c1c(=O)c(C(O)O)cn2-c1nccs1. The predicted molar refractivity (Wildman–Crippen MR) is 97.7 cm³/mol. The van der Waals surface area contributed by atoms with Gasteiger partial charge < -0.3 is 19.8 Å². The number of fused-ring (bicyclic) bond motifs is 1. The molecule has 0 aromatic carbocycles. The third kappa shape index (κ3) is 2.88. The highest BCUT2D eigenvalue weighted by atomic mass is 32.1. The summed E-state index contributed by atoms with van der Waals surface area (Å²) in [7, 11) is 0. The highest BCUT2D eigenvalue weighted by molar-refractivity contribution is 7.12. The van der Waals surface area contributed by atoms with Gasteiger partial charge in [0, 0.05) is 24.3 Å². The van der Waals surface area contributed by atoms with E-state index in [4.69, 9.17) is 4.74 Å². The molecule has 26 heavy (non-hydrogen) atoms. The second-order valence-electron chi connectivity index (χ2n) is 6.12. The van der Waals surface area contributed by atoms with Crippen molar-refractivity contribution in [1.29, 1.82) is 0 Å². The van der Waals surface area contributed by atoms with Crippen LogP contribution in [0.25, 0.3) is 16.2 Å². The van der Waals surface area contributed by atoms with E-state index in [-0.39, 0.29) is 5.56 Å². The quantitative estimate of drug-likeness (QED) is 0.667. The zero-order chi connectivity index (χ0) is 18.3. The maximum Gasteiger partial charge on any atom is 0.199 e. The van der Waals surface area contributed by atoms with Crippen molar-refractivity contribution < 1.29 is 14.9 Å². The highest BCUT2D eigenvalue weighted by Crippen LogP contribution is 2.26. The van der Waals surface area contributed by atoms with Gasteiger partial charge in [-0.15, -0.1) is 11.3 Å². The lowest BCUT2D eigenvalue weighted by Gasteiger charge is -2.28. The molecule has 1 saturated heterocycles. The van der Waals surface area contributed by atoms with E-state index in [1.54, 1.807) is 10.8 Å². The molecule has 0 unspecified atom stereocenters. The minimum Gasteiger partial charge on any atom is -0.364 e. The first kappa shape index (κ1) is 17.1. The smallest absolute Gasteiger partial charge is 0.199 e. The number of hydrogen-bond acceptors (Lipinski definition) is 8. The lowest BCUT2D eigenvalue weighted by atomic mass is 10.1. The molecule has 0 spiro atoms. The average Bonchev–Trinajstić information content (AvgIpc) is 3.16. The number of aromatic nitrogens is 3. The van der Waals surface area contributed by atoms with Crippen LogP contribution in [0.2, 0.25) is 0 Å². The molecular weight excluding hydrogens is 356 g/mol. The highest BCUT2D eigenvalue weighted by Gasteiger charge is 2.21. The number of rotatable bonds is 3. The normalized spacial score (nSPS) is 15.2. The van der Waals surface area contributed by atoms with Gasteiger partial charge in [0.05, 0.1) is 17.6 Å². The fourth-order valence-electron chi connectivity index (χ4n) is 3.10. The molecule has 0 bridgehead atoms. The number of aryl methyl sites for hydroxylation is 1. The fraction of sp³-hybridized carbons (Fsp3) is 0.353. The number of ether oxygens (including phenoxy) is 1. The topological polar surface area (TPSA) is 101 Å². The molecular formula is C17H18N4O4S. The molecule has 0 radical (unpaired) electrons. The molecule has 2 N–H and O–H groups in total. The van der Waals surface area contributed by atoms with Crippen molar-refractivity contribution in [2.45, 2.75) is 19.6 Å². The van der Waals surface area contributed by atoms with Gasteiger partial charge in [-0.1, -0.05) is 0 Å². The van der Waals surface area contributed by atoms with Crippen molar-refractivity contribution in [2.75, 3.05) is 24.8 Å². The van der Waals surface area contributed by atoms with Gasteiger partial charge in [-0.25, -0.2) is 9.97 Å². The number of pyridine rings is 2. The van der Waals surface area contributed by atoms with E-state index in [9.17, 15) is 15.0 Å². The van der Waals surface area contributed by atoms with E-state index in [0.29, 0.717) is 28.5 Å². The lowest BCUT2D eigenvalue weighted by molar-refractivity contribution is -0.0434. The molecule has 0 saturated carbocycles. The van der Waals surface area contributed by atoms with E-state index in [2.05, 4.69) is 9.97 Å². The Balaban J connectivity index is 2.01. The molecule has 8 nitrogen and oxygen atoms in total. The number of nitrogens with zero attached hydrogens (tertiary/aromatic N) is 4. The minimum absolute atomic E-state index is 0.105. The van der Waals surface area contributed by atoms with E-state index in [1.165, 1.54) is 17.5 Å². The summed E-state index contributed by atoms with van der Waals surface area (Å²) in [6.07, 6.45) is 2.09. The first-order valence-corrected chi connectivity index (χ1v) is 9.10. The first-order chi connectivity index (χ1) is 12.6. The molecule has 3 aromatic heterocycles. The van der Waals surface area contributed by atoms with Crippen molar-refractivity contribution in [3.05, 3.63) is 45.2 Å². The molecule has 1 fully saturated rings. The van der Waals surface area contributed by atoms with Crippen LogP contribution in [0.5, 0.6) is 0 Å². The molecule has 0 aliphatic carbocycles. The zero-order valence-electron chi connectivity index (χ0n) is 14.1. The van der Waals surface area contributed by atoms with Gasteiger partial charge >= 0.3 is 0 Å². The Kier molecular flexibility index (Phi) is 4.45.